The van der Waals surface area contributed by atoms with Gasteiger partial charge < -0.3 is 9.64 Å². The van der Waals surface area contributed by atoms with Crippen LogP contribution < -0.4 is 0 Å². The molecular formula is C27H35F3N4O2. The van der Waals surface area contributed by atoms with Crippen molar-refractivity contribution >= 4 is 5.91 Å². The average molecular weight is 505 g/mol. The van der Waals surface area contributed by atoms with Crippen LogP contribution in [0.4, 0.5) is 13.2 Å². The van der Waals surface area contributed by atoms with Crippen LogP contribution >= 0.6 is 0 Å². The predicted octanol–water partition coefficient (Wildman–Crippen LogP) is 4.19. The Balaban J connectivity index is 1.36. The van der Waals surface area contributed by atoms with E-state index in [2.05, 4.69) is 9.80 Å². The summed E-state index contributed by atoms with van der Waals surface area (Å²) in [6.07, 6.45) is -2.59. The quantitative estimate of drug-likeness (QED) is 0.566. The lowest BCUT2D eigenvalue weighted by molar-refractivity contribution is -0.137. The summed E-state index contributed by atoms with van der Waals surface area (Å²) in [6.45, 7) is 8.83. The van der Waals surface area contributed by atoms with E-state index in [0.717, 1.165) is 74.6 Å². The highest BCUT2D eigenvalue weighted by Crippen LogP contribution is 2.32. The van der Waals surface area contributed by atoms with Crippen molar-refractivity contribution in [3.8, 4) is 0 Å². The molecule has 2 aliphatic heterocycles. The molecular weight excluding hydrogens is 469 g/mol. The third kappa shape index (κ3) is 6.63. The van der Waals surface area contributed by atoms with E-state index >= 15 is 0 Å². The highest BCUT2D eigenvalue weighted by Gasteiger charge is 2.31. The van der Waals surface area contributed by atoms with Gasteiger partial charge in [0.05, 0.1) is 23.4 Å². The minimum Gasteiger partial charge on any atom is -0.383 e. The first kappa shape index (κ1) is 26.6. The highest BCUT2D eigenvalue weighted by atomic mass is 19.4. The summed E-state index contributed by atoms with van der Waals surface area (Å²) in [5.41, 5.74) is 2.74. The monoisotopic (exact) mass is 504 g/mol. The zero-order valence-electron chi connectivity index (χ0n) is 21.1. The molecule has 2 saturated heterocycles. The van der Waals surface area contributed by atoms with Crippen LogP contribution in [0.1, 0.15) is 51.6 Å². The fraction of sp³-hybridized carbons (Fsp3) is 0.556. The van der Waals surface area contributed by atoms with Crippen molar-refractivity contribution in [2.24, 2.45) is 0 Å². The summed E-state index contributed by atoms with van der Waals surface area (Å²) < 4.78 is 43.7. The van der Waals surface area contributed by atoms with Gasteiger partial charge in [-0.1, -0.05) is 12.1 Å². The highest BCUT2D eigenvalue weighted by molar-refractivity contribution is 5.95. The third-order valence-corrected chi connectivity index (χ3v) is 7.23. The van der Waals surface area contributed by atoms with Gasteiger partial charge in [0.1, 0.15) is 0 Å². The first-order valence-electron chi connectivity index (χ1n) is 12.6. The largest absolute Gasteiger partial charge is 0.416 e. The van der Waals surface area contributed by atoms with Crippen molar-refractivity contribution in [2.75, 3.05) is 59.5 Å². The molecule has 0 atom stereocenters. The minimum atomic E-state index is -4.32. The molecule has 1 amide bonds. The summed E-state index contributed by atoms with van der Waals surface area (Å²) in [4.78, 5) is 24.8. The topological polar surface area (TPSA) is 48.9 Å². The van der Waals surface area contributed by atoms with Gasteiger partial charge in [-0.3, -0.25) is 19.6 Å². The number of piperidine rings is 1. The number of benzene rings is 1. The molecule has 196 valence electrons. The van der Waals surface area contributed by atoms with E-state index in [9.17, 15) is 18.0 Å². The van der Waals surface area contributed by atoms with Gasteiger partial charge in [-0.25, -0.2) is 0 Å². The molecule has 1 aromatic heterocycles. The molecule has 0 aliphatic carbocycles. The van der Waals surface area contributed by atoms with Crippen LogP contribution in [0.25, 0.3) is 0 Å². The van der Waals surface area contributed by atoms with Crippen LogP contribution in [-0.2, 0) is 17.5 Å². The summed E-state index contributed by atoms with van der Waals surface area (Å²) >= 11 is 0. The molecule has 36 heavy (non-hydrogen) atoms. The molecule has 0 saturated carbocycles. The number of aryl methyl sites for hydroxylation is 1. The zero-order valence-corrected chi connectivity index (χ0v) is 21.1. The number of nitrogens with zero attached hydrogens (tertiary/aromatic N) is 4. The molecule has 3 heterocycles. The minimum absolute atomic E-state index is 0.0519. The summed E-state index contributed by atoms with van der Waals surface area (Å²) in [6, 6.07) is 9.24. The Morgan fingerprint density at radius 2 is 1.64 bits per heavy atom. The van der Waals surface area contributed by atoms with Crippen LogP contribution in [-0.4, -0.2) is 85.1 Å². The van der Waals surface area contributed by atoms with E-state index in [1.165, 1.54) is 0 Å². The molecule has 0 spiro atoms. The smallest absolute Gasteiger partial charge is 0.383 e. The Morgan fingerprint density at radius 1 is 0.972 bits per heavy atom. The summed E-state index contributed by atoms with van der Waals surface area (Å²) in [5.74, 6) is 0.242. The summed E-state index contributed by atoms with van der Waals surface area (Å²) in [7, 11) is 1.70. The number of piperazine rings is 1. The SMILES string of the molecule is COCCN1CCN(C(=O)c2ccc(C)nc2C2CCN(Cc3ccc(C(F)(F)F)cc3)CC2)CC1. The van der Waals surface area contributed by atoms with Crippen LogP contribution in [0.5, 0.6) is 0 Å². The molecule has 2 aliphatic rings. The molecule has 9 heteroatoms. The molecule has 0 unspecified atom stereocenters. The maximum atomic E-state index is 13.5. The maximum absolute atomic E-state index is 13.5. The molecule has 6 nitrogen and oxygen atoms in total. The fourth-order valence-electron chi connectivity index (χ4n) is 5.06. The van der Waals surface area contributed by atoms with Gasteiger partial charge in [-0.15, -0.1) is 0 Å². The van der Waals surface area contributed by atoms with Gasteiger partial charge in [0.15, 0.2) is 0 Å². The maximum Gasteiger partial charge on any atom is 0.416 e. The molecule has 4 rings (SSSR count). The second-order valence-corrected chi connectivity index (χ2v) is 9.76. The van der Waals surface area contributed by atoms with Crippen LogP contribution in [0.3, 0.4) is 0 Å². The van der Waals surface area contributed by atoms with E-state index in [1.54, 1.807) is 19.2 Å². The van der Waals surface area contributed by atoms with E-state index in [4.69, 9.17) is 9.72 Å². The Hall–Kier alpha value is -2.49. The Bertz CT molecular complexity index is 1010. The first-order chi connectivity index (χ1) is 17.2. The number of likely N-dealkylation sites (tertiary alicyclic amines) is 1. The van der Waals surface area contributed by atoms with Crippen LogP contribution in [0, 0.1) is 6.92 Å². The van der Waals surface area contributed by atoms with Crippen LogP contribution in [0.2, 0.25) is 0 Å². The second-order valence-electron chi connectivity index (χ2n) is 9.76. The lowest BCUT2D eigenvalue weighted by Gasteiger charge is -2.36. The van der Waals surface area contributed by atoms with Crippen LogP contribution in [0.15, 0.2) is 36.4 Å². The number of carbonyl (C=O) groups is 1. The fourth-order valence-corrected chi connectivity index (χ4v) is 5.06. The summed E-state index contributed by atoms with van der Waals surface area (Å²) in [5, 5.41) is 0. The lowest BCUT2D eigenvalue weighted by atomic mass is 9.89. The number of halogens is 3. The normalized spacial score (nSPS) is 18.5. The number of pyridine rings is 1. The number of methoxy groups -OCH3 is 1. The van der Waals surface area contributed by atoms with Gasteiger partial charge in [0.2, 0.25) is 0 Å². The number of carbonyl (C=O) groups excluding carboxylic acids is 1. The van der Waals surface area contributed by atoms with Gasteiger partial charge in [-0.2, -0.15) is 13.2 Å². The molecule has 2 aromatic rings. The third-order valence-electron chi connectivity index (χ3n) is 7.23. The number of ether oxygens (including phenoxy) is 1. The van der Waals surface area contributed by atoms with Gasteiger partial charge >= 0.3 is 6.18 Å². The number of hydrogen-bond acceptors (Lipinski definition) is 5. The van der Waals surface area contributed by atoms with Crippen molar-refractivity contribution in [1.82, 2.24) is 19.7 Å². The van der Waals surface area contributed by atoms with Gasteiger partial charge in [0.25, 0.3) is 5.91 Å². The Morgan fingerprint density at radius 3 is 2.25 bits per heavy atom. The second kappa shape index (κ2) is 11.7. The Labute approximate surface area is 211 Å². The number of aromatic nitrogens is 1. The molecule has 0 N–H and O–H groups in total. The molecule has 1 aromatic carbocycles. The van der Waals surface area contributed by atoms with Crippen molar-refractivity contribution < 1.29 is 22.7 Å². The lowest BCUT2D eigenvalue weighted by Crippen LogP contribution is -2.49. The van der Waals surface area contributed by atoms with Crippen molar-refractivity contribution in [3.63, 3.8) is 0 Å². The predicted molar refractivity (Wildman–Crippen MR) is 132 cm³/mol. The average Bonchev–Trinajstić information content (AvgIpc) is 2.87. The molecule has 0 bridgehead atoms. The number of amides is 1. The molecule has 0 radical (unpaired) electrons. The van der Waals surface area contributed by atoms with Gasteiger partial charge in [0, 0.05) is 58.0 Å². The van der Waals surface area contributed by atoms with Crippen molar-refractivity contribution in [1.29, 1.82) is 0 Å². The van der Waals surface area contributed by atoms with E-state index in [-0.39, 0.29) is 11.8 Å². The van der Waals surface area contributed by atoms with Crippen molar-refractivity contribution in [3.05, 3.63) is 64.5 Å². The number of alkyl halides is 3. The van der Waals surface area contributed by atoms with E-state index in [1.807, 2.05) is 24.0 Å². The van der Waals surface area contributed by atoms with Gasteiger partial charge in [-0.05, 0) is 62.7 Å². The Kier molecular flexibility index (Phi) is 8.64. The zero-order chi connectivity index (χ0) is 25.7. The molecule has 2 fully saturated rings. The van der Waals surface area contributed by atoms with Crippen molar-refractivity contribution in [2.45, 2.75) is 38.4 Å². The van der Waals surface area contributed by atoms with E-state index < -0.39 is 11.7 Å². The number of rotatable bonds is 7. The first-order valence-corrected chi connectivity index (χ1v) is 12.6. The van der Waals surface area contributed by atoms with E-state index in [0.29, 0.717) is 31.8 Å². The number of hydrogen-bond donors (Lipinski definition) is 0. The standard InChI is InChI=1S/C27H35F3N4O2/c1-20-3-8-24(26(35)34-15-13-32(14-16-34)17-18-36-2)25(31-20)22-9-11-33(12-10-22)19-21-4-6-23(7-5-21)27(28,29)30/h3-8,22H,9-19H2,1-2H3.